The molecule has 1 aliphatic rings. The van der Waals surface area contributed by atoms with E-state index in [0.717, 1.165) is 25.7 Å². The first kappa shape index (κ1) is 9.52. The molecular formula is C9H16NO2. The zero-order chi connectivity index (χ0) is 8.97. The van der Waals surface area contributed by atoms with Crippen molar-refractivity contribution in [1.82, 2.24) is 5.32 Å². The standard InChI is InChI=1S/C9H16NO2/c1-10-8-5-3-7(4-6-8)9(11)12-2/h7-8H,3-6H2,1-2H3. The molecule has 3 heteroatoms. The van der Waals surface area contributed by atoms with E-state index < -0.39 is 0 Å². The summed E-state index contributed by atoms with van der Waals surface area (Å²) in [5.74, 6) is 0.0811. The second-order valence-corrected chi connectivity index (χ2v) is 3.29. The first-order chi connectivity index (χ1) is 5.77. The van der Waals surface area contributed by atoms with Crippen molar-refractivity contribution in [3.05, 3.63) is 0 Å². The van der Waals surface area contributed by atoms with Crippen LogP contribution >= 0.6 is 0 Å². The molecule has 0 saturated heterocycles. The first-order valence-corrected chi connectivity index (χ1v) is 4.44. The smallest absolute Gasteiger partial charge is 0.308 e. The molecule has 3 nitrogen and oxygen atoms in total. The third kappa shape index (κ3) is 2.21. The van der Waals surface area contributed by atoms with Crippen molar-refractivity contribution in [1.29, 1.82) is 0 Å². The van der Waals surface area contributed by atoms with Crippen molar-refractivity contribution in [2.24, 2.45) is 5.92 Å². The van der Waals surface area contributed by atoms with Gasteiger partial charge >= 0.3 is 5.97 Å². The lowest BCUT2D eigenvalue weighted by molar-refractivity contribution is -0.146. The maximum atomic E-state index is 11.1. The van der Waals surface area contributed by atoms with Gasteiger partial charge in [-0.05, 0) is 25.7 Å². The summed E-state index contributed by atoms with van der Waals surface area (Å²) in [5.41, 5.74) is 0. The Labute approximate surface area is 73.5 Å². The highest BCUT2D eigenvalue weighted by Crippen LogP contribution is 2.25. The van der Waals surface area contributed by atoms with Gasteiger partial charge in [0.25, 0.3) is 0 Å². The molecule has 1 saturated carbocycles. The van der Waals surface area contributed by atoms with E-state index in [4.69, 9.17) is 0 Å². The second-order valence-electron chi connectivity index (χ2n) is 3.29. The number of rotatable bonds is 2. The van der Waals surface area contributed by atoms with Crippen LogP contribution in [0.15, 0.2) is 0 Å². The van der Waals surface area contributed by atoms with Crippen molar-refractivity contribution in [2.75, 3.05) is 14.2 Å². The van der Waals surface area contributed by atoms with E-state index >= 15 is 0 Å². The van der Waals surface area contributed by atoms with E-state index in [9.17, 15) is 4.79 Å². The molecule has 1 aliphatic carbocycles. The van der Waals surface area contributed by atoms with Crippen molar-refractivity contribution < 1.29 is 9.53 Å². The van der Waals surface area contributed by atoms with Gasteiger partial charge in [0.1, 0.15) is 0 Å². The molecule has 0 aliphatic heterocycles. The summed E-state index contributed by atoms with van der Waals surface area (Å²) >= 11 is 0. The summed E-state index contributed by atoms with van der Waals surface area (Å²) < 4.78 is 4.69. The summed E-state index contributed by atoms with van der Waals surface area (Å²) in [6, 6.07) is 0.478. The third-order valence-electron chi connectivity index (χ3n) is 2.60. The molecule has 0 aromatic rings. The molecule has 1 radical (unpaired) electrons. The molecule has 1 rings (SSSR count). The number of ether oxygens (including phenoxy) is 1. The Morgan fingerprint density at radius 3 is 2.33 bits per heavy atom. The highest BCUT2D eigenvalue weighted by atomic mass is 16.5. The lowest BCUT2D eigenvalue weighted by Crippen LogP contribution is -2.29. The van der Waals surface area contributed by atoms with Crippen molar-refractivity contribution in [2.45, 2.75) is 31.7 Å². The van der Waals surface area contributed by atoms with E-state index in [0.29, 0.717) is 6.04 Å². The number of carbonyl (C=O) groups excluding carboxylic acids is 1. The van der Waals surface area contributed by atoms with Gasteiger partial charge in [-0.15, -0.1) is 0 Å². The summed E-state index contributed by atoms with van der Waals surface area (Å²) in [7, 11) is 3.31. The number of esters is 1. The van der Waals surface area contributed by atoms with Gasteiger partial charge in [0.2, 0.25) is 0 Å². The van der Waals surface area contributed by atoms with Crippen LogP contribution in [0, 0.1) is 5.92 Å². The molecule has 0 unspecified atom stereocenters. The van der Waals surface area contributed by atoms with Crippen molar-refractivity contribution in [3.63, 3.8) is 0 Å². The molecule has 1 fully saturated rings. The van der Waals surface area contributed by atoms with E-state index in [1.165, 1.54) is 7.11 Å². The molecule has 0 spiro atoms. The van der Waals surface area contributed by atoms with Crippen LogP contribution in [0.1, 0.15) is 25.7 Å². The predicted octanol–water partition coefficient (Wildman–Crippen LogP) is 0.952. The van der Waals surface area contributed by atoms with Gasteiger partial charge in [-0.1, -0.05) is 0 Å². The maximum absolute atomic E-state index is 11.1. The molecule has 0 atom stereocenters. The summed E-state index contributed by atoms with van der Waals surface area (Å²) in [4.78, 5) is 11.1. The van der Waals surface area contributed by atoms with Crippen LogP contribution in [-0.4, -0.2) is 26.2 Å². The van der Waals surface area contributed by atoms with Crippen LogP contribution in [0.4, 0.5) is 0 Å². The molecule has 0 aromatic carbocycles. The third-order valence-corrected chi connectivity index (χ3v) is 2.60. The summed E-state index contributed by atoms with van der Waals surface area (Å²) in [6.07, 6.45) is 3.95. The largest absolute Gasteiger partial charge is 0.469 e. The number of carbonyl (C=O) groups is 1. The Kier molecular flexibility index (Phi) is 3.53. The minimum atomic E-state index is -0.0513. The quantitative estimate of drug-likeness (QED) is 0.579. The Morgan fingerprint density at radius 2 is 1.92 bits per heavy atom. The number of nitrogens with zero attached hydrogens (tertiary/aromatic N) is 1. The Balaban J connectivity index is 2.30. The highest BCUT2D eigenvalue weighted by Gasteiger charge is 2.26. The van der Waals surface area contributed by atoms with Crippen LogP contribution in [0.5, 0.6) is 0 Å². The average Bonchev–Trinajstić information content (AvgIpc) is 2.17. The van der Waals surface area contributed by atoms with Gasteiger partial charge in [0, 0.05) is 13.1 Å². The lowest BCUT2D eigenvalue weighted by atomic mass is 9.86. The first-order valence-electron chi connectivity index (χ1n) is 4.44. The Hall–Kier alpha value is -0.570. The normalized spacial score (nSPS) is 29.8. The van der Waals surface area contributed by atoms with Gasteiger partial charge in [-0.3, -0.25) is 4.79 Å². The van der Waals surface area contributed by atoms with Crippen LogP contribution in [0.3, 0.4) is 0 Å². The van der Waals surface area contributed by atoms with Gasteiger partial charge < -0.3 is 4.74 Å². The van der Waals surface area contributed by atoms with Gasteiger partial charge in [0.15, 0.2) is 0 Å². The van der Waals surface area contributed by atoms with Crippen LogP contribution < -0.4 is 5.32 Å². The molecule has 0 amide bonds. The Morgan fingerprint density at radius 1 is 1.33 bits per heavy atom. The van der Waals surface area contributed by atoms with Gasteiger partial charge in [-0.2, -0.15) is 0 Å². The highest BCUT2D eigenvalue weighted by molar-refractivity contribution is 5.72. The minimum absolute atomic E-state index is 0.0513. The molecule has 0 aromatic heterocycles. The van der Waals surface area contributed by atoms with Crippen LogP contribution in [0.25, 0.3) is 0 Å². The van der Waals surface area contributed by atoms with Gasteiger partial charge in [0.05, 0.1) is 13.0 Å². The molecule has 0 N–H and O–H groups in total. The number of hydrogen-bond donors (Lipinski definition) is 0. The van der Waals surface area contributed by atoms with Crippen molar-refractivity contribution in [3.8, 4) is 0 Å². The zero-order valence-electron chi connectivity index (χ0n) is 7.75. The predicted molar refractivity (Wildman–Crippen MR) is 45.8 cm³/mol. The Bertz CT molecular complexity index is 151. The maximum Gasteiger partial charge on any atom is 0.308 e. The fraction of sp³-hybridized carbons (Fsp3) is 0.889. The van der Waals surface area contributed by atoms with E-state index in [1.807, 2.05) is 7.05 Å². The molecule has 0 bridgehead atoms. The molecule has 0 heterocycles. The van der Waals surface area contributed by atoms with Crippen LogP contribution in [-0.2, 0) is 9.53 Å². The molecular weight excluding hydrogens is 154 g/mol. The fourth-order valence-corrected chi connectivity index (χ4v) is 1.74. The van der Waals surface area contributed by atoms with E-state index in [1.54, 1.807) is 0 Å². The van der Waals surface area contributed by atoms with E-state index in [2.05, 4.69) is 10.1 Å². The summed E-state index contributed by atoms with van der Waals surface area (Å²) in [5, 5.41) is 4.21. The SMILES string of the molecule is C[N]C1CCC(C(=O)OC)CC1. The van der Waals surface area contributed by atoms with E-state index in [-0.39, 0.29) is 11.9 Å². The lowest BCUT2D eigenvalue weighted by Gasteiger charge is -2.25. The van der Waals surface area contributed by atoms with Crippen LogP contribution in [0.2, 0.25) is 0 Å². The zero-order valence-corrected chi connectivity index (χ0v) is 7.75. The fourth-order valence-electron chi connectivity index (χ4n) is 1.74. The molecule has 69 valence electrons. The minimum Gasteiger partial charge on any atom is -0.469 e. The average molecular weight is 170 g/mol. The number of hydrogen-bond acceptors (Lipinski definition) is 2. The molecule has 12 heavy (non-hydrogen) atoms. The summed E-state index contributed by atoms with van der Waals surface area (Å²) in [6.45, 7) is 0. The van der Waals surface area contributed by atoms with Gasteiger partial charge in [-0.25, -0.2) is 5.32 Å². The second kappa shape index (κ2) is 4.45. The number of methoxy groups -OCH3 is 1. The topological polar surface area (TPSA) is 40.4 Å². The monoisotopic (exact) mass is 170 g/mol. The van der Waals surface area contributed by atoms with Crippen molar-refractivity contribution >= 4 is 5.97 Å².